The van der Waals surface area contributed by atoms with Gasteiger partial charge in [-0.3, -0.25) is 4.68 Å². The Morgan fingerprint density at radius 2 is 2.12 bits per heavy atom. The molecule has 0 aliphatic carbocycles. The van der Waals surface area contributed by atoms with Gasteiger partial charge in [-0.2, -0.15) is 5.10 Å². The van der Waals surface area contributed by atoms with Gasteiger partial charge in [-0.05, 0) is 29.1 Å². The van der Waals surface area contributed by atoms with Crippen LogP contribution in [0.25, 0.3) is 0 Å². The van der Waals surface area contributed by atoms with Crippen LogP contribution in [-0.2, 0) is 13.1 Å². The molecule has 3 rings (SSSR count). The lowest BCUT2D eigenvalue weighted by molar-refractivity contribution is 0.252. The third-order valence-electron chi connectivity index (χ3n) is 3.40. The van der Waals surface area contributed by atoms with Crippen molar-refractivity contribution in [1.29, 1.82) is 0 Å². The molecule has 2 heterocycles. The van der Waals surface area contributed by atoms with E-state index in [0.717, 1.165) is 16.2 Å². The molecule has 0 aliphatic heterocycles. The van der Waals surface area contributed by atoms with Crippen molar-refractivity contribution in [1.82, 2.24) is 15.1 Å². The molecule has 2 N–H and O–H groups in total. The first-order valence-electron chi connectivity index (χ1n) is 7.45. The molecule has 2 amide bonds. The summed E-state index contributed by atoms with van der Waals surface area (Å²) >= 11 is 1.61. The van der Waals surface area contributed by atoms with Crippen molar-refractivity contribution in [3.05, 3.63) is 64.6 Å². The number of methoxy groups -OCH3 is 1. The number of hydrogen-bond donors (Lipinski definition) is 2. The van der Waals surface area contributed by atoms with Crippen LogP contribution in [0.2, 0.25) is 0 Å². The van der Waals surface area contributed by atoms with Gasteiger partial charge in [0, 0.05) is 11.1 Å². The zero-order chi connectivity index (χ0) is 16.8. The van der Waals surface area contributed by atoms with Gasteiger partial charge in [-0.25, -0.2) is 4.79 Å². The fraction of sp³-hybridized carbons (Fsp3) is 0.176. The van der Waals surface area contributed by atoms with Gasteiger partial charge >= 0.3 is 6.03 Å². The average Bonchev–Trinajstić information content (AvgIpc) is 3.26. The lowest BCUT2D eigenvalue weighted by Crippen LogP contribution is -2.27. The topological polar surface area (TPSA) is 68.2 Å². The molecule has 24 heavy (non-hydrogen) atoms. The van der Waals surface area contributed by atoms with Gasteiger partial charge in [0.05, 0.1) is 32.1 Å². The summed E-state index contributed by atoms with van der Waals surface area (Å²) in [6.45, 7) is 1.14. The van der Waals surface area contributed by atoms with Crippen LogP contribution in [-0.4, -0.2) is 22.9 Å². The summed E-state index contributed by atoms with van der Waals surface area (Å²) in [5.41, 5.74) is 1.76. The van der Waals surface area contributed by atoms with E-state index in [-0.39, 0.29) is 6.03 Å². The molecule has 0 fully saturated rings. The summed E-state index contributed by atoms with van der Waals surface area (Å²) in [4.78, 5) is 13.0. The molecule has 124 valence electrons. The molecule has 6 nitrogen and oxygen atoms in total. The Bertz CT molecular complexity index is 781. The molecule has 0 bridgehead atoms. The number of aromatic nitrogens is 2. The zero-order valence-electron chi connectivity index (χ0n) is 13.2. The number of amides is 2. The van der Waals surface area contributed by atoms with Crippen molar-refractivity contribution < 1.29 is 9.53 Å². The van der Waals surface area contributed by atoms with Gasteiger partial charge in [0.1, 0.15) is 5.75 Å². The number of benzene rings is 1. The Labute approximate surface area is 144 Å². The highest BCUT2D eigenvalue weighted by Crippen LogP contribution is 2.13. The summed E-state index contributed by atoms with van der Waals surface area (Å²) in [6.07, 6.45) is 3.43. The smallest absolute Gasteiger partial charge is 0.319 e. The first kappa shape index (κ1) is 16.1. The van der Waals surface area contributed by atoms with Gasteiger partial charge in [0.15, 0.2) is 0 Å². The highest BCUT2D eigenvalue weighted by Gasteiger charge is 2.05. The second-order valence-corrected chi connectivity index (χ2v) is 6.19. The van der Waals surface area contributed by atoms with Crippen LogP contribution in [0.15, 0.2) is 54.2 Å². The van der Waals surface area contributed by atoms with E-state index in [1.807, 2.05) is 41.8 Å². The van der Waals surface area contributed by atoms with Crippen LogP contribution in [0, 0.1) is 0 Å². The predicted octanol–water partition coefficient (Wildman–Crippen LogP) is 3.32. The lowest BCUT2D eigenvalue weighted by Gasteiger charge is -2.05. The summed E-state index contributed by atoms with van der Waals surface area (Å²) in [7, 11) is 1.64. The van der Waals surface area contributed by atoms with Gasteiger partial charge in [0.2, 0.25) is 0 Å². The van der Waals surface area contributed by atoms with E-state index in [1.165, 1.54) is 0 Å². The van der Waals surface area contributed by atoms with Gasteiger partial charge in [-0.15, -0.1) is 11.3 Å². The maximum Gasteiger partial charge on any atom is 0.319 e. The second kappa shape index (κ2) is 7.65. The molecular formula is C17H18N4O2S. The number of urea groups is 1. The van der Waals surface area contributed by atoms with E-state index in [1.54, 1.807) is 35.5 Å². The molecule has 3 aromatic rings. The van der Waals surface area contributed by atoms with E-state index in [2.05, 4.69) is 15.7 Å². The molecule has 1 aromatic carbocycles. The minimum absolute atomic E-state index is 0.243. The Morgan fingerprint density at radius 3 is 2.83 bits per heavy atom. The maximum atomic E-state index is 11.9. The lowest BCUT2D eigenvalue weighted by atomic mass is 10.2. The van der Waals surface area contributed by atoms with Crippen molar-refractivity contribution in [2.75, 3.05) is 12.4 Å². The molecule has 7 heteroatoms. The predicted molar refractivity (Wildman–Crippen MR) is 94.5 cm³/mol. The van der Waals surface area contributed by atoms with Crippen molar-refractivity contribution in [3.63, 3.8) is 0 Å². The van der Waals surface area contributed by atoms with Crippen molar-refractivity contribution >= 4 is 23.1 Å². The van der Waals surface area contributed by atoms with Gasteiger partial charge in [0.25, 0.3) is 0 Å². The number of rotatable bonds is 6. The number of ether oxygens (including phenoxy) is 1. The maximum absolute atomic E-state index is 11.9. The third-order valence-corrected chi connectivity index (χ3v) is 4.27. The minimum Gasteiger partial charge on any atom is -0.497 e. The van der Waals surface area contributed by atoms with E-state index in [4.69, 9.17) is 4.74 Å². The number of nitrogens with one attached hydrogen (secondary N) is 2. The Morgan fingerprint density at radius 1 is 1.29 bits per heavy atom. The number of anilines is 1. The summed E-state index contributed by atoms with van der Waals surface area (Å²) in [5, 5.41) is 11.8. The van der Waals surface area contributed by atoms with Gasteiger partial charge < -0.3 is 15.4 Å². The number of hydrogen-bond acceptors (Lipinski definition) is 4. The molecule has 0 atom stereocenters. The molecule has 0 unspecified atom stereocenters. The van der Waals surface area contributed by atoms with E-state index < -0.39 is 0 Å². The molecule has 0 radical (unpaired) electrons. The molecule has 0 aliphatic rings. The Hall–Kier alpha value is -2.80. The van der Waals surface area contributed by atoms with Crippen LogP contribution >= 0.6 is 11.3 Å². The summed E-state index contributed by atoms with van der Waals surface area (Å²) in [5.74, 6) is 0.823. The number of carbonyl (C=O) groups is 1. The minimum atomic E-state index is -0.243. The van der Waals surface area contributed by atoms with Crippen LogP contribution in [0.3, 0.4) is 0 Å². The van der Waals surface area contributed by atoms with Crippen LogP contribution in [0.1, 0.15) is 10.4 Å². The number of nitrogens with zero attached hydrogens (tertiary/aromatic N) is 2. The normalized spacial score (nSPS) is 10.4. The van der Waals surface area contributed by atoms with E-state index >= 15 is 0 Å². The second-order valence-electron chi connectivity index (χ2n) is 5.16. The first-order valence-corrected chi connectivity index (χ1v) is 8.33. The molecule has 0 spiro atoms. The number of carbonyl (C=O) groups excluding carboxylic acids is 1. The Kier molecular flexibility index (Phi) is 5.12. The molecule has 2 aromatic heterocycles. The van der Waals surface area contributed by atoms with Crippen molar-refractivity contribution in [2.45, 2.75) is 13.1 Å². The summed E-state index contributed by atoms with van der Waals surface area (Å²) in [6, 6.07) is 11.5. The van der Waals surface area contributed by atoms with E-state index in [0.29, 0.717) is 18.8 Å². The fourth-order valence-corrected chi connectivity index (χ4v) is 2.83. The Balaban J connectivity index is 1.51. The van der Waals surface area contributed by atoms with Crippen LogP contribution < -0.4 is 15.4 Å². The van der Waals surface area contributed by atoms with Gasteiger partial charge in [-0.1, -0.05) is 18.2 Å². The molecule has 0 saturated carbocycles. The number of thiophene rings is 1. The van der Waals surface area contributed by atoms with Crippen molar-refractivity contribution in [2.24, 2.45) is 0 Å². The van der Waals surface area contributed by atoms with Crippen LogP contribution in [0.4, 0.5) is 10.5 Å². The quantitative estimate of drug-likeness (QED) is 0.722. The SMILES string of the molecule is COc1ccc(Cn2cc(NC(=O)NCc3cccs3)cn2)cc1. The average molecular weight is 342 g/mol. The highest BCUT2D eigenvalue weighted by molar-refractivity contribution is 7.09. The zero-order valence-corrected chi connectivity index (χ0v) is 14.0. The fourth-order valence-electron chi connectivity index (χ4n) is 2.19. The monoisotopic (exact) mass is 342 g/mol. The highest BCUT2D eigenvalue weighted by atomic mass is 32.1. The summed E-state index contributed by atoms with van der Waals surface area (Å²) < 4.78 is 6.92. The standard InChI is InChI=1S/C17H18N4O2S/c1-23-15-6-4-13(5-7-15)11-21-12-14(9-19-21)20-17(22)18-10-16-3-2-8-24-16/h2-9,12H,10-11H2,1H3,(H2,18,20,22). The molecular weight excluding hydrogens is 324 g/mol. The van der Waals surface area contributed by atoms with E-state index in [9.17, 15) is 4.79 Å². The third kappa shape index (κ3) is 4.36. The van der Waals surface area contributed by atoms with Crippen LogP contribution in [0.5, 0.6) is 5.75 Å². The van der Waals surface area contributed by atoms with Crippen molar-refractivity contribution in [3.8, 4) is 5.75 Å². The molecule has 0 saturated heterocycles. The first-order chi connectivity index (χ1) is 11.7. The largest absolute Gasteiger partial charge is 0.497 e.